The van der Waals surface area contributed by atoms with Crippen molar-refractivity contribution in [1.29, 1.82) is 0 Å². The third kappa shape index (κ3) is 4.25. The van der Waals surface area contributed by atoms with Crippen LogP contribution in [-0.2, 0) is 11.3 Å². The summed E-state index contributed by atoms with van der Waals surface area (Å²) in [5, 5.41) is 1.96. The van der Waals surface area contributed by atoms with Crippen LogP contribution < -0.4 is 4.74 Å². The maximum Gasteiger partial charge on any atom is 0.293 e. The first-order valence-corrected chi connectivity index (χ1v) is 10.0. The summed E-state index contributed by atoms with van der Waals surface area (Å²) < 4.78 is 5.53. The van der Waals surface area contributed by atoms with Crippen LogP contribution in [0.25, 0.3) is 16.8 Å². The van der Waals surface area contributed by atoms with Gasteiger partial charge >= 0.3 is 0 Å². The van der Waals surface area contributed by atoms with E-state index in [9.17, 15) is 9.59 Å². The Kier molecular flexibility index (Phi) is 5.49. The van der Waals surface area contributed by atoms with Gasteiger partial charge in [-0.15, -0.1) is 0 Å². The zero-order valence-corrected chi connectivity index (χ0v) is 16.5. The highest BCUT2D eigenvalue weighted by Crippen LogP contribution is 2.34. The molecule has 0 radical (unpaired) electrons. The quantitative estimate of drug-likeness (QED) is 0.396. The molecule has 1 aliphatic rings. The van der Waals surface area contributed by atoms with Crippen molar-refractivity contribution in [1.82, 2.24) is 4.90 Å². The standard InChI is InChI=1S/C24H19NO3S/c1-2-12-28-21-9-5-6-17(14-21)15-22-23(26)25(24(27)29-22)16-18-10-11-19-7-3-4-8-20(19)13-18/h2-11,13-15H,1,12,16H2/b22-15-. The highest BCUT2D eigenvalue weighted by atomic mass is 32.2. The van der Waals surface area contributed by atoms with Gasteiger partial charge in [-0.25, -0.2) is 0 Å². The Hall–Kier alpha value is -3.31. The fourth-order valence-electron chi connectivity index (χ4n) is 3.16. The van der Waals surface area contributed by atoms with Gasteiger partial charge in [-0.3, -0.25) is 14.5 Å². The number of ether oxygens (including phenoxy) is 1. The van der Waals surface area contributed by atoms with Crippen LogP contribution in [0.5, 0.6) is 5.75 Å². The third-order valence-electron chi connectivity index (χ3n) is 4.55. The second-order valence-electron chi connectivity index (χ2n) is 6.62. The number of benzene rings is 3. The van der Waals surface area contributed by atoms with E-state index in [0.29, 0.717) is 17.3 Å². The monoisotopic (exact) mass is 401 g/mol. The number of hydrogen-bond donors (Lipinski definition) is 0. The molecule has 0 N–H and O–H groups in total. The third-order valence-corrected chi connectivity index (χ3v) is 5.46. The van der Waals surface area contributed by atoms with Crippen molar-refractivity contribution >= 4 is 39.8 Å². The average Bonchev–Trinajstić information content (AvgIpc) is 3.00. The summed E-state index contributed by atoms with van der Waals surface area (Å²) in [5.41, 5.74) is 1.73. The Morgan fingerprint density at radius 1 is 0.966 bits per heavy atom. The van der Waals surface area contributed by atoms with Crippen LogP contribution in [0, 0.1) is 0 Å². The highest BCUT2D eigenvalue weighted by Gasteiger charge is 2.35. The smallest absolute Gasteiger partial charge is 0.293 e. The van der Waals surface area contributed by atoms with Gasteiger partial charge in [0, 0.05) is 0 Å². The molecule has 2 amide bonds. The normalized spacial score (nSPS) is 15.3. The van der Waals surface area contributed by atoms with Gasteiger partial charge in [0.15, 0.2) is 0 Å². The molecule has 144 valence electrons. The lowest BCUT2D eigenvalue weighted by atomic mass is 10.1. The fraction of sp³-hybridized carbons (Fsp3) is 0.0833. The minimum absolute atomic E-state index is 0.256. The Labute approximate surface area is 173 Å². The summed E-state index contributed by atoms with van der Waals surface area (Å²) in [6.07, 6.45) is 3.40. The Morgan fingerprint density at radius 3 is 2.62 bits per heavy atom. The SMILES string of the molecule is C=CCOc1cccc(/C=C2\SC(=O)N(Cc3ccc4ccccc4c3)C2=O)c1. The van der Waals surface area contributed by atoms with Crippen molar-refractivity contribution in [2.45, 2.75) is 6.54 Å². The van der Waals surface area contributed by atoms with Crippen molar-refractivity contribution in [2.75, 3.05) is 6.61 Å². The van der Waals surface area contributed by atoms with E-state index >= 15 is 0 Å². The van der Waals surface area contributed by atoms with Gasteiger partial charge in [-0.1, -0.05) is 61.2 Å². The number of thioether (sulfide) groups is 1. The van der Waals surface area contributed by atoms with E-state index in [1.165, 1.54) is 4.90 Å². The zero-order valence-electron chi connectivity index (χ0n) is 15.7. The first-order valence-electron chi connectivity index (χ1n) is 9.21. The van der Waals surface area contributed by atoms with Crippen LogP contribution in [0.1, 0.15) is 11.1 Å². The molecule has 0 unspecified atom stereocenters. The molecule has 1 aliphatic heterocycles. The zero-order chi connectivity index (χ0) is 20.2. The van der Waals surface area contributed by atoms with E-state index in [0.717, 1.165) is 33.7 Å². The average molecular weight is 401 g/mol. The predicted octanol–water partition coefficient (Wildman–Crippen LogP) is 5.64. The van der Waals surface area contributed by atoms with Crippen LogP contribution in [0.3, 0.4) is 0 Å². The van der Waals surface area contributed by atoms with Gasteiger partial charge in [-0.05, 0) is 57.9 Å². The maximum atomic E-state index is 12.8. The van der Waals surface area contributed by atoms with E-state index in [-0.39, 0.29) is 17.7 Å². The minimum atomic E-state index is -0.273. The summed E-state index contributed by atoms with van der Waals surface area (Å²) in [6, 6.07) is 21.4. The number of amides is 2. The molecule has 0 bridgehead atoms. The lowest BCUT2D eigenvalue weighted by Crippen LogP contribution is -2.27. The first-order chi connectivity index (χ1) is 14.1. The number of carbonyl (C=O) groups is 2. The van der Waals surface area contributed by atoms with Crippen molar-refractivity contribution in [3.63, 3.8) is 0 Å². The highest BCUT2D eigenvalue weighted by molar-refractivity contribution is 8.18. The van der Waals surface area contributed by atoms with Gasteiger partial charge < -0.3 is 4.74 Å². The lowest BCUT2D eigenvalue weighted by molar-refractivity contribution is -0.123. The second-order valence-corrected chi connectivity index (χ2v) is 7.61. The molecule has 29 heavy (non-hydrogen) atoms. The molecule has 4 rings (SSSR count). The number of imide groups is 1. The number of nitrogens with zero attached hydrogens (tertiary/aromatic N) is 1. The summed E-state index contributed by atoms with van der Waals surface area (Å²) in [5.74, 6) is 0.416. The van der Waals surface area contributed by atoms with Gasteiger partial charge in [0.25, 0.3) is 11.1 Å². The predicted molar refractivity (Wildman–Crippen MR) is 118 cm³/mol. The maximum absolute atomic E-state index is 12.8. The topological polar surface area (TPSA) is 46.6 Å². The molecule has 0 spiro atoms. The first kappa shape index (κ1) is 19.0. The van der Waals surface area contributed by atoms with Crippen molar-refractivity contribution in [3.8, 4) is 5.75 Å². The van der Waals surface area contributed by atoms with Crippen LogP contribution in [0.4, 0.5) is 4.79 Å². The molecular weight excluding hydrogens is 382 g/mol. The molecule has 0 saturated carbocycles. The summed E-state index contributed by atoms with van der Waals surface area (Å²) in [4.78, 5) is 27.0. The van der Waals surface area contributed by atoms with E-state index in [2.05, 4.69) is 6.58 Å². The van der Waals surface area contributed by atoms with Crippen molar-refractivity contribution in [2.24, 2.45) is 0 Å². The van der Waals surface area contributed by atoms with Crippen molar-refractivity contribution < 1.29 is 14.3 Å². The van der Waals surface area contributed by atoms with E-state index in [4.69, 9.17) is 4.74 Å². The number of hydrogen-bond acceptors (Lipinski definition) is 4. The van der Waals surface area contributed by atoms with Gasteiger partial charge in [0.1, 0.15) is 12.4 Å². The summed E-state index contributed by atoms with van der Waals surface area (Å²) in [6.45, 7) is 4.30. The fourth-order valence-corrected chi connectivity index (χ4v) is 3.99. The molecule has 4 nitrogen and oxygen atoms in total. The Balaban J connectivity index is 1.53. The minimum Gasteiger partial charge on any atom is -0.490 e. The molecule has 0 atom stereocenters. The van der Waals surface area contributed by atoms with Gasteiger partial charge in [0.05, 0.1) is 11.4 Å². The van der Waals surface area contributed by atoms with Crippen LogP contribution in [0.2, 0.25) is 0 Å². The van der Waals surface area contributed by atoms with Crippen LogP contribution in [0.15, 0.2) is 84.3 Å². The lowest BCUT2D eigenvalue weighted by Gasteiger charge is -2.13. The van der Waals surface area contributed by atoms with Gasteiger partial charge in [0.2, 0.25) is 0 Å². The second kappa shape index (κ2) is 8.37. The molecule has 5 heteroatoms. The van der Waals surface area contributed by atoms with E-state index < -0.39 is 0 Å². The Bertz CT molecular complexity index is 1140. The largest absolute Gasteiger partial charge is 0.490 e. The van der Waals surface area contributed by atoms with Gasteiger partial charge in [-0.2, -0.15) is 0 Å². The van der Waals surface area contributed by atoms with Crippen molar-refractivity contribution in [3.05, 3.63) is 95.4 Å². The molecule has 3 aromatic rings. The Morgan fingerprint density at radius 2 is 1.79 bits per heavy atom. The van der Waals surface area contributed by atoms with Crippen LogP contribution in [-0.4, -0.2) is 22.7 Å². The molecule has 1 heterocycles. The molecule has 1 saturated heterocycles. The summed E-state index contributed by atoms with van der Waals surface area (Å²) >= 11 is 0.965. The molecule has 1 fully saturated rings. The number of rotatable bonds is 6. The molecular formula is C24H19NO3S. The van der Waals surface area contributed by atoms with Crippen LogP contribution >= 0.6 is 11.8 Å². The summed E-state index contributed by atoms with van der Waals surface area (Å²) in [7, 11) is 0. The van der Waals surface area contributed by atoms with E-state index in [1.54, 1.807) is 12.2 Å². The molecule has 0 aromatic heterocycles. The molecule has 0 aliphatic carbocycles. The van der Waals surface area contributed by atoms with E-state index in [1.807, 2.05) is 66.7 Å². The number of fused-ring (bicyclic) bond motifs is 1. The molecule has 3 aromatic carbocycles. The number of carbonyl (C=O) groups excluding carboxylic acids is 2.